The number of rotatable bonds is 4. The normalized spacial score (nSPS) is 10.9. The van der Waals surface area contributed by atoms with Crippen LogP contribution in [0.15, 0.2) is 61.1 Å². The molecular weight excluding hydrogens is 368 g/mol. The zero-order chi connectivity index (χ0) is 20.5. The van der Waals surface area contributed by atoms with Gasteiger partial charge in [0.1, 0.15) is 11.3 Å². The second kappa shape index (κ2) is 7.23. The number of nitrogens with zero attached hydrogens (tertiary/aromatic N) is 5. The van der Waals surface area contributed by atoms with Crippen molar-refractivity contribution in [1.82, 2.24) is 24.1 Å². The van der Waals surface area contributed by atoms with Crippen LogP contribution in [0.3, 0.4) is 0 Å². The molecule has 29 heavy (non-hydrogen) atoms. The molecule has 0 aliphatic carbocycles. The molecule has 3 aromatic heterocycles. The smallest absolute Gasteiger partial charge is 0.274 e. The fourth-order valence-corrected chi connectivity index (χ4v) is 3.10. The van der Waals surface area contributed by atoms with Crippen LogP contribution in [0.2, 0.25) is 0 Å². The molecule has 0 unspecified atom stereocenters. The summed E-state index contributed by atoms with van der Waals surface area (Å²) in [7, 11) is 4.90. The predicted octanol–water partition coefficient (Wildman–Crippen LogP) is 2.69. The zero-order valence-electron chi connectivity index (χ0n) is 16.3. The largest absolute Gasteiger partial charge is 0.345 e. The van der Waals surface area contributed by atoms with Crippen molar-refractivity contribution in [2.75, 3.05) is 19.4 Å². The highest BCUT2D eigenvalue weighted by molar-refractivity contribution is 6.11. The molecule has 0 spiro atoms. The first kappa shape index (κ1) is 18.4. The molecule has 0 fully saturated rings. The van der Waals surface area contributed by atoms with E-state index in [1.807, 2.05) is 47.1 Å². The number of imidazole rings is 1. The van der Waals surface area contributed by atoms with Crippen molar-refractivity contribution < 1.29 is 9.59 Å². The molecule has 1 aromatic carbocycles. The van der Waals surface area contributed by atoms with Crippen molar-refractivity contribution in [2.24, 2.45) is 7.05 Å². The van der Waals surface area contributed by atoms with Gasteiger partial charge in [0.05, 0.1) is 17.5 Å². The number of fused-ring (bicyclic) bond motifs is 1. The van der Waals surface area contributed by atoms with Gasteiger partial charge in [0.15, 0.2) is 0 Å². The fourth-order valence-electron chi connectivity index (χ4n) is 3.10. The van der Waals surface area contributed by atoms with Gasteiger partial charge in [-0.1, -0.05) is 30.3 Å². The van der Waals surface area contributed by atoms with Gasteiger partial charge in [-0.15, -0.1) is 0 Å². The van der Waals surface area contributed by atoms with E-state index in [2.05, 4.69) is 15.4 Å². The highest BCUT2D eigenvalue weighted by atomic mass is 16.2. The topological polar surface area (TPSA) is 84.5 Å². The number of amides is 2. The molecule has 146 valence electrons. The van der Waals surface area contributed by atoms with Crippen LogP contribution in [0.5, 0.6) is 0 Å². The summed E-state index contributed by atoms with van der Waals surface area (Å²) in [5, 5.41) is 6.90. The van der Waals surface area contributed by atoms with Crippen molar-refractivity contribution in [2.45, 2.75) is 0 Å². The van der Waals surface area contributed by atoms with Crippen LogP contribution in [-0.2, 0) is 7.05 Å². The first-order valence-electron chi connectivity index (χ1n) is 9.03. The minimum absolute atomic E-state index is 0.205. The second-order valence-corrected chi connectivity index (χ2v) is 6.86. The number of aromatic nitrogens is 4. The van der Waals surface area contributed by atoms with Gasteiger partial charge in [0.25, 0.3) is 11.8 Å². The van der Waals surface area contributed by atoms with Crippen LogP contribution in [0.25, 0.3) is 16.9 Å². The highest BCUT2D eigenvalue weighted by Gasteiger charge is 2.23. The van der Waals surface area contributed by atoms with Crippen LogP contribution in [-0.4, -0.2) is 50.0 Å². The summed E-state index contributed by atoms with van der Waals surface area (Å²) in [5.74, 6) is -0.686. The van der Waals surface area contributed by atoms with Gasteiger partial charge in [-0.05, 0) is 6.07 Å². The monoisotopic (exact) mass is 388 g/mol. The zero-order valence-corrected chi connectivity index (χ0v) is 16.3. The Morgan fingerprint density at radius 3 is 2.59 bits per heavy atom. The van der Waals surface area contributed by atoms with Crippen molar-refractivity contribution in [3.63, 3.8) is 0 Å². The fraction of sp³-hybridized carbons (Fsp3) is 0.143. The van der Waals surface area contributed by atoms with Gasteiger partial charge in [-0.2, -0.15) is 5.10 Å². The first-order chi connectivity index (χ1) is 13.9. The molecule has 0 bridgehead atoms. The van der Waals surface area contributed by atoms with Crippen LogP contribution < -0.4 is 5.32 Å². The molecule has 0 saturated heterocycles. The van der Waals surface area contributed by atoms with E-state index < -0.39 is 5.91 Å². The molecule has 0 aliphatic heterocycles. The molecule has 4 rings (SSSR count). The van der Waals surface area contributed by atoms with Gasteiger partial charge < -0.3 is 14.6 Å². The number of anilines is 1. The number of aryl methyl sites for hydroxylation is 1. The molecule has 8 nitrogen and oxygen atoms in total. The average molecular weight is 388 g/mol. The number of benzene rings is 1. The van der Waals surface area contributed by atoms with E-state index in [0.29, 0.717) is 11.3 Å². The van der Waals surface area contributed by atoms with E-state index in [0.717, 1.165) is 11.3 Å². The molecule has 4 aromatic rings. The molecule has 1 N–H and O–H groups in total. The van der Waals surface area contributed by atoms with Gasteiger partial charge in [-0.3, -0.25) is 14.3 Å². The Morgan fingerprint density at radius 2 is 1.86 bits per heavy atom. The first-order valence-corrected chi connectivity index (χ1v) is 9.03. The second-order valence-electron chi connectivity index (χ2n) is 6.86. The number of nitrogens with one attached hydrogen (secondary N) is 1. The summed E-state index contributed by atoms with van der Waals surface area (Å²) in [5.41, 5.74) is 3.61. The maximum Gasteiger partial charge on any atom is 0.274 e. The lowest BCUT2D eigenvalue weighted by molar-refractivity contribution is 0.0821. The van der Waals surface area contributed by atoms with Crippen molar-refractivity contribution in [3.05, 3.63) is 72.3 Å². The van der Waals surface area contributed by atoms with Gasteiger partial charge in [-0.25, -0.2) is 4.98 Å². The molecule has 0 aliphatic rings. The molecule has 2 amide bonds. The summed E-state index contributed by atoms with van der Waals surface area (Å²) in [6.07, 6.45) is 5.17. The van der Waals surface area contributed by atoms with Gasteiger partial charge >= 0.3 is 0 Å². The van der Waals surface area contributed by atoms with Crippen molar-refractivity contribution in [1.29, 1.82) is 0 Å². The minimum atomic E-state index is -0.408. The van der Waals surface area contributed by atoms with E-state index in [1.165, 1.54) is 15.8 Å². The summed E-state index contributed by atoms with van der Waals surface area (Å²) in [6.45, 7) is 0. The van der Waals surface area contributed by atoms with Gasteiger partial charge in [0.2, 0.25) is 0 Å². The lowest BCUT2D eigenvalue weighted by Crippen LogP contribution is -2.26. The average Bonchev–Trinajstić information content (AvgIpc) is 3.31. The quantitative estimate of drug-likeness (QED) is 0.583. The van der Waals surface area contributed by atoms with E-state index in [1.54, 1.807) is 33.3 Å². The molecule has 0 radical (unpaired) electrons. The lowest BCUT2D eigenvalue weighted by atomic mass is 10.2. The number of hydrogen-bond donors (Lipinski definition) is 1. The Kier molecular flexibility index (Phi) is 4.59. The van der Waals surface area contributed by atoms with Crippen LogP contribution in [0.1, 0.15) is 20.8 Å². The maximum absolute atomic E-state index is 12.8. The van der Waals surface area contributed by atoms with Crippen LogP contribution in [0, 0.1) is 0 Å². The standard InChI is InChI=1S/C21H20N6O2/c1-25(2)21(29)16-12-22-26(3)19(16)20(28)23-15-9-10-27-13-17(24-18(27)11-15)14-7-5-4-6-8-14/h4-13H,1-3H3,(H,23,28). The lowest BCUT2D eigenvalue weighted by Gasteiger charge is -2.11. The third-order valence-electron chi connectivity index (χ3n) is 4.58. The summed E-state index contributed by atoms with van der Waals surface area (Å²) >= 11 is 0. The van der Waals surface area contributed by atoms with Crippen LogP contribution >= 0.6 is 0 Å². The third-order valence-corrected chi connectivity index (χ3v) is 4.58. The summed E-state index contributed by atoms with van der Waals surface area (Å²) in [4.78, 5) is 31.2. The number of pyridine rings is 1. The Balaban J connectivity index is 1.63. The summed E-state index contributed by atoms with van der Waals surface area (Å²) in [6, 6.07) is 13.4. The predicted molar refractivity (Wildman–Crippen MR) is 110 cm³/mol. The number of carbonyl (C=O) groups excluding carboxylic acids is 2. The number of carbonyl (C=O) groups is 2. The SMILES string of the molecule is CN(C)C(=O)c1cnn(C)c1C(=O)Nc1ccn2cc(-c3ccccc3)nc2c1. The molecule has 8 heteroatoms. The Bertz CT molecular complexity index is 1210. The molecule has 0 atom stereocenters. The summed E-state index contributed by atoms with van der Waals surface area (Å²) < 4.78 is 3.29. The van der Waals surface area contributed by atoms with E-state index in [9.17, 15) is 9.59 Å². The Hall–Kier alpha value is -3.94. The van der Waals surface area contributed by atoms with Crippen molar-refractivity contribution in [3.8, 4) is 11.3 Å². The Labute approximate surface area is 167 Å². The van der Waals surface area contributed by atoms with Gasteiger partial charge in [0, 0.05) is 50.9 Å². The van der Waals surface area contributed by atoms with E-state index in [-0.39, 0.29) is 17.2 Å². The van der Waals surface area contributed by atoms with Crippen LogP contribution in [0.4, 0.5) is 5.69 Å². The Morgan fingerprint density at radius 1 is 1.10 bits per heavy atom. The number of hydrogen-bond acceptors (Lipinski definition) is 4. The maximum atomic E-state index is 12.8. The molecule has 3 heterocycles. The van der Waals surface area contributed by atoms with E-state index in [4.69, 9.17) is 0 Å². The molecule has 0 saturated carbocycles. The minimum Gasteiger partial charge on any atom is -0.345 e. The third kappa shape index (κ3) is 3.47. The van der Waals surface area contributed by atoms with E-state index >= 15 is 0 Å². The highest BCUT2D eigenvalue weighted by Crippen LogP contribution is 2.21. The molecular formula is C21H20N6O2. The van der Waals surface area contributed by atoms with Crippen molar-refractivity contribution >= 4 is 23.1 Å².